The molecule has 0 saturated heterocycles. The van der Waals surface area contributed by atoms with Crippen molar-refractivity contribution in [3.8, 4) is 0 Å². The zero-order valence-corrected chi connectivity index (χ0v) is 13.6. The van der Waals surface area contributed by atoms with E-state index in [1.807, 2.05) is 11.8 Å². The average molecular weight is 280 g/mol. The van der Waals surface area contributed by atoms with Crippen molar-refractivity contribution < 1.29 is 0 Å². The summed E-state index contributed by atoms with van der Waals surface area (Å²) in [4.78, 5) is 2.37. The van der Waals surface area contributed by atoms with Gasteiger partial charge in [-0.05, 0) is 44.2 Å². The maximum Gasteiger partial charge on any atom is 0.0366 e. The van der Waals surface area contributed by atoms with E-state index in [0.717, 1.165) is 19.6 Å². The zero-order valence-electron chi connectivity index (χ0n) is 12.8. The quantitative estimate of drug-likeness (QED) is 0.741. The molecule has 1 aromatic rings. The van der Waals surface area contributed by atoms with E-state index in [9.17, 15) is 0 Å². The molecular formula is C16H28N2S. The van der Waals surface area contributed by atoms with Crippen LogP contribution in [0.1, 0.15) is 32.8 Å². The lowest BCUT2D eigenvalue weighted by Crippen LogP contribution is -2.30. The lowest BCUT2D eigenvalue weighted by atomic mass is 10.1. The predicted molar refractivity (Wildman–Crippen MR) is 89.3 cm³/mol. The second kappa shape index (κ2) is 9.27. The first kappa shape index (κ1) is 16.4. The molecule has 1 atom stereocenters. The topological polar surface area (TPSA) is 15.3 Å². The van der Waals surface area contributed by atoms with Gasteiger partial charge in [-0.3, -0.25) is 0 Å². The fourth-order valence-electron chi connectivity index (χ4n) is 2.20. The van der Waals surface area contributed by atoms with Crippen LogP contribution in [0.2, 0.25) is 0 Å². The molecule has 0 aliphatic carbocycles. The third-order valence-corrected chi connectivity index (χ3v) is 4.26. The average Bonchev–Trinajstić information content (AvgIpc) is 2.46. The molecule has 0 amide bonds. The first-order valence-corrected chi connectivity index (χ1v) is 8.70. The molecule has 19 heavy (non-hydrogen) atoms. The van der Waals surface area contributed by atoms with Gasteiger partial charge in [-0.25, -0.2) is 0 Å². The second-order valence-electron chi connectivity index (χ2n) is 4.78. The third kappa shape index (κ3) is 5.45. The van der Waals surface area contributed by atoms with E-state index < -0.39 is 0 Å². The van der Waals surface area contributed by atoms with E-state index in [-0.39, 0.29) is 0 Å². The van der Waals surface area contributed by atoms with Crippen LogP contribution in [-0.2, 0) is 6.54 Å². The van der Waals surface area contributed by atoms with Crippen molar-refractivity contribution in [1.29, 1.82) is 0 Å². The van der Waals surface area contributed by atoms with Crippen molar-refractivity contribution in [1.82, 2.24) is 5.32 Å². The summed E-state index contributed by atoms with van der Waals surface area (Å²) in [5, 5.41) is 3.63. The number of anilines is 1. The van der Waals surface area contributed by atoms with E-state index in [1.165, 1.54) is 23.4 Å². The van der Waals surface area contributed by atoms with Gasteiger partial charge in [-0.1, -0.05) is 19.1 Å². The maximum atomic E-state index is 3.63. The normalized spacial score (nSPS) is 12.4. The molecule has 1 N–H and O–H groups in total. The molecule has 0 bridgehead atoms. The Bertz CT molecular complexity index is 333. The van der Waals surface area contributed by atoms with Crippen LogP contribution in [-0.4, -0.2) is 31.1 Å². The Labute approximate surface area is 123 Å². The fourth-order valence-corrected chi connectivity index (χ4v) is 2.95. The smallest absolute Gasteiger partial charge is 0.0366 e. The molecule has 1 aromatic carbocycles. The maximum absolute atomic E-state index is 3.63. The Hall–Kier alpha value is -0.670. The molecule has 0 aromatic heterocycles. The highest BCUT2D eigenvalue weighted by Gasteiger charge is 2.05. The summed E-state index contributed by atoms with van der Waals surface area (Å²) in [5.41, 5.74) is 2.69. The number of hydrogen-bond acceptors (Lipinski definition) is 3. The van der Waals surface area contributed by atoms with E-state index in [1.54, 1.807) is 0 Å². The van der Waals surface area contributed by atoms with Crippen LogP contribution < -0.4 is 10.2 Å². The summed E-state index contributed by atoms with van der Waals surface area (Å²) >= 11 is 1.91. The Morgan fingerprint density at radius 1 is 1.11 bits per heavy atom. The summed E-state index contributed by atoms with van der Waals surface area (Å²) in [6.45, 7) is 9.76. The third-order valence-electron chi connectivity index (χ3n) is 3.52. The number of thioether (sulfide) groups is 1. The minimum absolute atomic E-state index is 0.623. The summed E-state index contributed by atoms with van der Waals surface area (Å²) < 4.78 is 0. The van der Waals surface area contributed by atoms with Crippen molar-refractivity contribution in [2.75, 3.05) is 30.0 Å². The van der Waals surface area contributed by atoms with Crippen molar-refractivity contribution in [3.63, 3.8) is 0 Å². The molecule has 0 heterocycles. The zero-order chi connectivity index (χ0) is 14.1. The van der Waals surface area contributed by atoms with Gasteiger partial charge in [0.05, 0.1) is 0 Å². The Morgan fingerprint density at radius 2 is 1.74 bits per heavy atom. The predicted octanol–water partition coefficient (Wildman–Crippen LogP) is 3.76. The molecular weight excluding hydrogens is 252 g/mol. The Kier molecular flexibility index (Phi) is 7.99. The summed E-state index contributed by atoms with van der Waals surface area (Å²) in [6, 6.07) is 9.58. The highest BCUT2D eigenvalue weighted by Crippen LogP contribution is 2.15. The highest BCUT2D eigenvalue weighted by molar-refractivity contribution is 7.98. The minimum Gasteiger partial charge on any atom is -0.372 e. The summed E-state index contributed by atoms with van der Waals surface area (Å²) in [6.07, 6.45) is 3.36. The Morgan fingerprint density at radius 3 is 2.21 bits per heavy atom. The molecule has 0 aliphatic heterocycles. The molecule has 0 spiro atoms. The first-order chi connectivity index (χ1) is 9.24. The second-order valence-corrected chi connectivity index (χ2v) is 5.69. The van der Waals surface area contributed by atoms with Crippen molar-refractivity contribution in [3.05, 3.63) is 29.8 Å². The SMILES string of the molecule is CCC(CSC)NCc1ccc(N(CC)CC)cc1. The minimum atomic E-state index is 0.623. The number of rotatable bonds is 9. The lowest BCUT2D eigenvalue weighted by molar-refractivity contribution is 0.541. The molecule has 2 nitrogen and oxygen atoms in total. The highest BCUT2D eigenvalue weighted by atomic mass is 32.2. The van der Waals surface area contributed by atoms with Crippen LogP contribution in [0.15, 0.2) is 24.3 Å². The van der Waals surface area contributed by atoms with Gasteiger partial charge in [0.25, 0.3) is 0 Å². The van der Waals surface area contributed by atoms with Gasteiger partial charge in [-0.15, -0.1) is 0 Å². The molecule has 1 unspecified atom stereocenters. The fraction of sp³-hybridized carbons (Fsp3) is 0.625. The molecule has 0 fully saturated rings. The molecule has 1 rings (SSSR count). The van der Waals surface area contributed by atoms with Crippen LogP contribution in [0.25, 0.3) is 0 Å². The largest absolute Gasteiger partial charge is 0.372 e. The first-order valence-electron chi connectivity index (χ1n) is 7.31. The molecule has 108 valence electrons. The van der Waals surface area contributed by atoms with E-state index in [0.29, 0.717) is 6.04 Å². The van der Waals surface area contributed by atoms with Crippen LogP contribution in [0.5, 0.6) is 0 Å². The standard InChI is InChI=1S/C16H28N2S/c1-5-15(13-19-4)17-12-14-8-10-16(11-9-14)18(6-2)7-3/h8-11,15,17H,5-7,12-13H2,1-4H3. The van der Waals surface area contributed by atoms with Crippen molar-refractivity contribution in [2.45, 2.75) is 39.8 Å². The number of benzene rings is 1. The molecule has 0 saturated carbocycles. The number of nitrogens with one attached hydrogen (secondary N) is 1. The Balaban J connectivity index is 2.52. The van der Waals surface area contributed by atoms with Gasteiger partial charge in [0.1, 0.15) is 0 Å². The van der Waals surface area contributed by atoms with Crippen LogP contribution in [0.4, 0.5) is 5.69 Å². The van der Waals surface area contributed by atoms with Crippen molar-refractivity contribution >= 4 is 17.4 Å². The van der Waals surface area contributed by atoms with Crippen LogP contribution >= 0.6 is 11.8 Å². The lowest BCUT2D eigenvalue weighted by Gasteiger charge is -2.21. The summed E-state index contributed by atoms with van der Waals surface area (Å²) in [7, 11) is 0. The van der Waals surface area contributed by atoms with Crippen LogP contribution in [0, 0.1) is 0 Å². The van der Waals surface area contributed by atoms with Gasteiger partial charge in [0.2, 0.25) is 0 Å². The van der Waals surface area contributed by atoms with E-state index >= 15 is 0 Å². The van der Waals surface area contributed by atoms with Gasteiger partial charge < -0.3 is 10.2 Å². The molecule has 0 aliphatic rings. The number of hydrogen-bond donors (Lipinski definition) is 1. The van der Waals surface area contributed by atoms with Gasteiger partial charge in [-0.2, -0.15) is 11.8 Å². The van der Waals surface area contributed by atoms with E-state index in [4.69, 9.17) is 0 Å². The van der Waals surface area contributed by atoms with Crippen molar-refractivity contribution in [2.24, 2.45) is 0 Å². The summed E-state index contributed by atoms with van der Waals surface area (Å²) in [5.74, 6) is 1.19. The molecule has 0 radical (unpaired) electrons. The van der Waals surface area contributed by atoms with Gasteiger partial charge in [0.15, 0.2) is 0 Å². The van der Waals surface area contributed by atoms with Gasteiger partial charge >= 0.3 is 0 Å². The monoisotopic (exact) mass is 280 g/mol. The molecule has 3 heteroatoms. The van der Waals surface area contributed by atoms with Crippen LogP contribution in [0.3, 0.4) is 0 Å². The van der Waals surface area contributed by atoms with E-state index in [2.05, 4.69) is 61.5 Å². The van der Waals surface area contributed by atoms with Gasteiger partial charge in [0, 0.05) is 37.1 Å². The number of nitrogens with zero attached hydrogens (tertiary/aromatic N) is 1.